The van der Waals surface area contributed by atoms with Crippen molar-refractivity contribution in [3.05, 3.63) is 54.6 Å². The van der Waals surface area contributed by atoms with Crippen LogP contribution in [-0.2, 0) is 14.8 Å². The number of hydrogen-bond acceptors (Lipinski definition) is 5. The number of amides is 1. The van der Waals surface area contributed by atoms with Gasteiger partial charge in [-0.05, 0) is 17.5 Å². The molecule has 0 bridgehead atoms. The van der Waals surface area contributed by atoms with Gasteiger partial charge in [-0.25, -0.2) is 4.79 Å². The van der Waals surface area contributed by atoms with Crippen molar-refractivity contribution in [2.75, 3.05) is 6.61 Å². The molecule has 1 amide bonds. The number of hydroxylamine groups is 1. The van der Waals surface area contributed by atoms with Gasteiger partial charge < -0.3 is 4.74 Å². The number of rotatable bonds is 5. The normalized spacial score (nSPS) is 11.3. The van der Waals surface area contributed by atoms with Gasteiger partial charge in [0.2, 0.25) is 0 Å². The molecule has 2 aromatic rings. The second-order valence-electron chi connectivity index (χ2n) is 5.58. The molecule has 0 aliphatic carbocycles. The predicted octanol–water partition coefficient (Wildman–Crippen LogP) is 3.53. The third-order valence-corrected chi connectivity index (χ3v) is 4.69. The highest BCUT2D eigenvalue weighted by molar-refractivity contribution is 7.89. The second kappa shape index (κ2) is 7.46. The lowest BCUT2D eigenvalue weighted by Crippen LogP contribution is -2.35. The van der Waals surface area contributed by atoms with E-state index in [9.17, 15) is 18.4 Å². The van der Waals surface area contributed by atoms with Crippen molar-refractivity contribution in [3.63, 3.8) is 0 Å². The average molecular weight is 349 g/mol. The number of nitrogens with zero attached hydrogens (tertiary/aromatic N) is 1. The van der Waals surface area contributed by atoms with Crippen molar-refractivity contribution >= 4 is 16.1 Å². The fourth-order valence-corrected chi connectivity index (χ4v) is 3.18. The number of hydrogen-bond donors (Lipinski definition) is 1. The first-order valence-corrected chi connectivity index (χ1v) is 8.83. The van der Waals surface area contributed by atoms with Crippen LogP contribution < -0.4 is 0 Å². The van der Waals surface area contributed by atoms with E-state index in [2.05, 4.69) is 0 Å². The van der Waals surface area contributed by atoms with Gasteiger partial charge in [0.25, 0.3) is 10.0 Å². The van der Waals surface area contributed by atoms with E-state index in [1.54, 1.807) is 50.2 Å². The van der Waals surface area contributed by atoms with Crippen LogP contribution in [0.3, 0.4) is 0 Å². The monoisotopic (exact) mass is 349 g/mol. The zero-order valence-electron chi connectivity index (χ0n) is 13.4. The molecule has 0 unspecified atom stereocenters. The fourth-order valence-electron chi connectivity index (χ4n) is 2.03. The molecule has 0 aliphatic heterocycles. The third-order valence-electron chi connectivity index (χ3n) is 3.17. The van der Waals surface area contributed by atoms with E-state index in [1.165, 1.54) is 12.1 Å². The molecule has 0 spiro atoms. The number of sulfonamides is 1. The van der Waals surface area contributed by atoms with Crippen LogP contribution in [0.4, 0.5) is 4.79 Å². The van der Waals surface area contributed by atoms with Crippen LogP contribution in [0.5, 0.6) is 0 Å². The first-order valence-electron chi connectivity index (χ1n) is 7.39. The summed E-state index contributed by atoms with van der Waals surface area (Å²) in [6.07, 6.45) is -1.33. The molecule has 0 fully saturated rings. The lowest BCUT2D eigenvalue weighted by molar-refractivity contribution is -0.00594. The molecule has 0 atom stereocenters. The van der Waals surface area contributed by atoms with Gasteiger partial charge in [-0.1, -0.05) is 66.8 Å². The number of ether oxygens (including phenoxy) is 1. The average Bonchev–Trinajstić information content (AvgIpc) is 2.59. The van der Waals surface area contributed by atoms with Crippen LogP contribution in [0.25, 0.3) is 11.1 Å². The summed E-state index contributed by atoms with van der Waals surface area (Å²) in [5.74, 6) is 0.0154. The summed E-state index contributed by atoms with van der Waals surface area (Å²) in [6, 6.07) is 15.0. The minimum absolute atomic E-state index is 0.00570. The second-order valence-corrected chi connectivity index (χ2v) is 7.32. The van der Waals surface area contributed by atoms with Crippen molar-refractivity contribution in [1.29, 1.82) is 0 Å². The topological polar surface area (TPSA) is 83.9 Å². The van der Waals surface area contributed by atoms with Gasteiger partial charge in [0.1, 0.15) is 0 Å². The lowest BCUT2D eigenvalue weighted by Gasteiger charge is -2.18. The molecule has 2 aromatic carbocycles. The largest absolute Gasteiger partial charge is 0.448 e. The van der Waals surface area contributed by atoms with Crippen LogP contribution in [-0.4, -0.2) is 30.8 Å². The number of benzene rings is 2. The Morgan fingerprint density at radius 2 is 1.67 bits per heavy atom. The van der Waals surface area contributed by atoms with E-state index in [-0.39, 0.29) is 21.9 Å². The molecule has 0 aromatic heterocycles. The van der Waals surface area contributed by atoms with Gasteiger partial charge in [0.05, 0.1) is 11.5 Å². The van der Waals surface area contributed by atoms with Crippen molar-refractivity contribution in [2.45, 2.75) is 18.7 Å². The Bertz CT molecular complexity index is 803. The molecular formula is C17H19NO5S. The summed E-state index contributed by atoms with van der Waals surface area (Å²) >= 11 is 0. The third kappa shape index (κ3) is 3.93. The van der Waals surface area contributed by atoms with Crippen molar-refractivity contribution < 1.29 is 23.2 Å². The van der Waals surface area contributed by atoms with Crippen molar-refractivity contribution in [2.24, 2.45) is 5.92 Å². The minimum atomic E-state index is -4.45. The van der Waals surface area contributed by atoms with E-state index in [0.29, 0.717) is 11.1 Å². The van der Waals surface area contributed by atoms with Gasteiger partial charge in [0.15, 0.2) is 0 Å². The van der Waals surface area contributed by atoms with Crippen LogP contribution >= 0.6 is 0 Å². The molecule has 6 nitrogen and oxygen atoms in total. The van der Waals surface area contributed by atoms with Gasteiger partial charge in [-0.2, -0.15) is 8.42 Å². The van der Waals surface area contributed by atoms with Crippen LogP contribution in [0.2, 0.25) is 0 Å². The molecule has 0 saturated heterocycles. The Kier molecular flexibility index (Phi) is 5.58. The summed E-state index contributed by atoms with van der Waals surface area (Å²) in [7, 11) is -4.45. The Balaban J connectivity index is 2.38. The van der Waals surface area contributed by atoms with Crippen LogP contribution in [0.1, 0.15) is 13.8 Å². The number of carbonyl (C=O) groups is 1. The Morgan fingerprint density at radius 1 is 1.08 bits per heavy atom. The predicted molar refractivity (Wildman–Crippen MR) is 88.9 cm³/mol. The highest BCUT2D eigenvalue weighted by Crippen LogP contribution is 2.29. The summed E-state index contributed by atoms with van der Waals surface area (Å²) in [5.41, 5.74) is 1.04. The molecule has 0 radical (unpaired) electrons. The van der Waals surface area contributed by atoms with E-state index < -0.39 is 16.1 Å². The van der Waals surface area contributed by atoms with Gasteiger partial charge >= 0.3 is 6.09 Å². The van der Waals surface area contributed by atoms with Gasteiger partial charge in [-0.3, -0.25) is 5.21 Å². The summed E-state index contributed by atoms with van der Waals surface area (Å²) in [6.45, 7) is 3.61. The summed E-state index contributed by atoms with van der Waals surface area (Å²) < 4.78 is 29.6. The molecule has 24 heavy (non-hydrogen) atoms. The fraction of sp³-hybridized carbons (Fsp3) is 0.235. The van der Waals surface area contributed by atoms with Crippen LogP contribution in [0.15, 0.2) is 59.5 Å². The maximum Gasteiger partial charge on any atom is 0.448 e. The molecular weight excluding hydrogens is 330 g/mol. The quantitative estimate of drug-likeness (QED) is 0.659. The van der Waals surface area contributed by atoms with Gasteiger partial charge in [-0.15, -0.1) is 0 Å². The maximum absolute atomic E-state index is 12.6. The van der Waals surface area contributed by atoms with E-state index in [1.807, 2.05) is 6.07 Å². The lowest BCUT2D eigenvalue weighted by atomic mass is 10.1. The first-order chi connectivity index (χ1) is 11.3. The molecule has 0 saturated carbocycles. The standard InChI is InChI=1S/C17H19NO5S/c1-13(2)12-23-17(19)18(20)24(21,22)16-11-7-6-10-15(16)14-8-4-3-5-9-14/h3-11,13,20H,12H2,1-2H3. The SMILES string of the molecule is CC(C)COC(=O)N(O)S(=O)(=O)c1ccccc1-c1ccccc1. The zero-order valence-corrected chi connectivity index (χ0v) is 14.2. The maximum atomic E-state index is 12.6. The van der Waals surface area contributed by atoms with Crippen molar-refractivity contribution in [3.8, 4) is 11.1 Å². The molecule has 2 rings (SSSR count). The Labute approximate surface area is 141 Å². The summed E-state index contributed by atoms with van der Waals surface area (Å²) in [4.78, 5) is 11.6. The van der Waals surface area contributed by atoms with E-state index in [0.717, 1.165) is 0 Å². The molecule has 7 heteroatoms. The Hall–Kier alpha value is -2.38. The minimum Gasteiger partial charge on any atom is -0.447 e. The summed E-state index contributed by atoms with van der Waals surface area (Å²) in [5, 5.41) is 9.85. The van der Waals surface area contributed by atoms with Crippen molar-refractivity contribution in [1.82, 2.24) is 4.47 Å². The highest BCUT2D eigenvalue weighted by Gasteiger charge is 2.31. The van der Waals surface area contributed by atoms with E-state index in [4.69, 9.17) is 4.74 Å². The molecule has 0 heterocycles. The Morgan fingerprint density at radius 3 is 2.29 bits per heavy atom. The molecule has 128 valence electrons. The van der Waals surface area contributed by atoms with E-state index >= 15 is 0 Å². The zero-order chi connectivity index (χ0) is 17.7. The van der Waals surface area contributed by atoms with Gasteiger partial charge in [0, 0.05) is 5.56 Å². The highest BCUT2D eigenvalue weighted by atomic mass is 32.2. The smallest absolute Gasteiger partial charge is 0.447 e. The molecule has 0 aliphatic rings. The molecule has 1 N–H and O–H groups in total. The van der Waals surface area contributed by atoms with Crippen LogP contribution in [0, 0.1) is 5.92 Å². The first kappa shape index (κ1) is 18.0. The number of carbonyl (C=O) groups excluding carboxylic acids is 1.